The molecule has 10 aliphatic heterocycles. The third-order valence-corrected chi connectivity index (χ3v) is 21.5. The quantitative estimate of drug-likeness (QED) is 0.110. The van der Waals surface area contributed by atoms with Gasteiger partial charge in [0.15, 0.2) is 51.6 Å². The van der Waals surface area contributed by atoms with Gasteiger partial charge in [-0.1, -0.05) is 41.6 Å². The zero-order valence-electron chi connectivity index (χ0n) is 57.8. The van der Waals surface area contributed by atoms with Gasteiger partial charge < -0.3 is 54.9 Å². The molecule has 540 valence electrons. The van der Waals surface area contributed by atoms with Crippen LogP contribution in [-0.4, -0.2) is 146 Å². The van der Waals surface area contributed by atoms with Crippen LogP contribution in [0.15, 0.2) is 129 Å². The van der Waals surface area contributed by atoms with Gasteiger partial charge in [0.1, 0.15) is 51.5 Å². The Hall–Kier alpha value is -9.86. The van der Waals surface area contributed by atoms with Gasteiger partial charge in [-0.3, -0.25) is 29.1 Å². The molecule has 2 unspecified atom stereocenters. The molecule has 28 heteroatoms. The third-order valence-electron chi connectivity index (χ3n) is 21.0. The molecule has 0 aliphatic carbocycles. The Bertz CT molecular complexity index is 4510. The molecule has 6 atom stereocenters. The maximum atomic E-state index is 14.1. The van der Waals surface area contributed by atoms with Crippen molar-refractivity contribution in [1.29, 1.82) is 0 Å². The van der Waals surface area contributed by atoms with E-state index in [1.807, 2.05) is 45.9 Å². The maximum absolute atomic E-state index is 14.1. The summed E-state index contributed by atoms with van der Waals surface area (Å²) in [7, 11) is 4.24. The minimum atomic E-state index is -1.22. The molecule has 6 spiro atoms. The van der Waals surface area contributed by atoms with E-state index in [0.29, 0.717) is 108 Å². The van der Waals surface area contributed by atoms with Crippen molar-refractivity contribution < 1.29 is 65.3 Å². The van der Waals surface area contributed by atoms with E-state index >= 15 is 0 Å². The molecule has 4 fully saturated rings. The fourth-order valence-electron chi connectivity index (χ4n) is 15.1. The largest absolute Gasteiger partial charge is 0.493 e. The van der Waals surface area contributed by atoms with Gasteiger partial charge in [-0.05, 0) is 185 Å². The highest BCUT2D eigenvalue weighted by Gasteiger charge is 2.62. The van der Waals surface area contributed by atoms with Gasteiger partial charge in [0, 0.05) is 81.4 Å². The normalized spacial score (nSPS) is 27.0. The molecule has 3 amide bonds. The van der Waals surface area contributed by atoms with Gasteiger partial charge >= 0.3 is 7.12 Å². The second kappa shape index (κ2) is 27.6. The lowest BCUT2D eigenvalue weighted by Crippen LogP contribution is -2.55. The molecule has 23 nitrogen and oxygen atoms in total. The average molecular weight is 1480 g/mol. The molecule has 0 radical (unpaired) electrons. The number of amides is 3. The molecular formula is C76H79BBrF3N12O11. The zero-order chi connectivity index (χ0) is 73.4. The number of benzene rings is 6. The van der Waals surface area contributed by atoms with Crippen LogP contribution in [0.2, 0.25) is 0 Å². The van der Waals surface area contributed by atoms with Crippen LogP contribution < -0.4 is 36.9 Å². The van der Waals surface area contributed by atoms with Gasteiger partial charge in [0.2, 0.25) is 0 Å². The molecule has 4 saturated heterocycles. The fraction of sp³-hybridized carbons (Fsp3) is 0.408. The summed E-state index contributed by atoms with van der Waals surface area (Å²) in [5.74, 6) is 0.317. The number of ether oxygens (including phenoxy) is 6. The summed E-state index contributed by atoms with van der Waals surface area (Å²) in [6.45, 7) is 32.4. The van der Waals surface area contributed by atoms with E-state index in [1.165, 1.54) is 51.1 Å². The standard InChI is InChI=1S/2C23H21FN4O3.C16H18BrN3O3.C13H15BFNO2.CH4/c2*1-26-17-9-15(8-16(24)11-17)14-4-5-19-18(10-14)23(20(29)28(2)21(25)27-23)12-22(31-19)6-3-7-30-13-22;1-20-13(21)16(19-14(20)18)8-15(5-2-6-22-9-15)23-12-4-3-10(17)7-11(12)16;1-12(2)13(3,4)18-14(17-12)9-6-10(15)8-11(7-9)16-5;/h2*4-5,8-11H,3,6-7,12-13H2,2H3,(H2,25,27);3-4,7H,2,5-6,8-9H2,1H3,(H2,18,19);6-8H,1-4H3;1H4/t22-,23+;22-,23-;;;/m10.../s1. The minimum absolute atomic E-state index is 0. The Morgan fingerprint density at radius 3 is 1.13 bits per heavy atom. The lowest BCUT2D eigenvalue weighted by Gasteiger charge is -2.46. The summed E-state index contributed by atoms with van der Waals surface area (Å²) in [5, 5.41) is 0. The molecule has 6 N–H and O–H groups in total. The van der Waals surface area contributed by atoms with Crippen LogP contribution in [0.4, 0.5) is 30.2 Å². The van der Waals surface area contributed by atoms with Crippen LogP contribution in [0.3, 0.4) is 0 Å². The number of nitrogens with two attached hydrogens (primary N) is 3. The molecule has 104 heavy (non-hydrogen) atoms. The van der Waals surface area contributed by atoms with Crippen LogP contribution in [0.5, 0.6) is 17.2 Å². The van der Waals surface area contributed by atoms with Crippen molar-refractivity contribution >= 4 is 81.2 Å². The highest BCUT2D eigenvalue weighted by Crippen LogP contribution is 2.56. The Kier molecular flexibility index (Phi) is 19.6. The molecule has 0 bridgehead atoms. The van der Waals surface area contributed by atoms with Crippen LogP contribution >= 0.6 is 15.9 Å². The lowest BCUT2D eigenvalue weighted by molar-refractivity contribution is -0.139. The number of aliphatic imine (C=N–C) groups is 3. The minimum Gasteiger partial charge on any atom is -0.484 e. The predicted molar refractivity (Wildman–Crippen MR) is 388 cm³/mol. The van der Waals surface area contributed by atoms with Crippen LogP contribution in [0.1, 0.15) is 110 Å². The SMILES string of the molecule is C.CN1C(=O)C2(CC3(CCCOC3)Oc3ccc(Br)cc32)N=C1N.[C-]#[N+]c1cc(F)cc(-c2ccc3c(c2)[C@]2(C[C@@]4(CCCOC4)O3)N=C(N)N(C)C2=O)c1.[C-]#[N+]c1cc(F)cc(-c2ccc3c(c2)[C@]2(C[C@]4(CCCOC4)O3)N=C(N)N(C)C2=O)c1.[C-]#[N+]c1cc(F)cc(B2OC(C)(C)C(C)(C)O2)c1. The van der Waals surface area contributed by atoms with E-state index in [4.69, 9.17) is 74.6 Å². The van der Waals surface area contributed by atoms with Gasteiger partial charge in [-0.2, -0.15) is 0 Å². The number of guanidine groups is 3. The number of hydrogen-bond acceptors (Lipinski definition) is 17. The van der Waals surface area contributed by atoms with Crippen molar-refractivity contribution in [2.75, 3.05) is 60.8 Å². The maximum Gasteiger partial charge on any atom is 0.493 e. The van der Waals surface area contributed by atoms with Crippen LogP contribution in [-0.2, 0) is 54.5 Å². The summed E-state index contributed by atoms with van der Waals surface area (Å²) in [4.78, 5) is 67.8. The lowest BCUT2D eigenvalue weighted by atomic mass is 9.74. The second-order valence-electron chi connectivity index (χ2n) is 28.6. The number of halogens is 4. The van der Waals surface area contributed by atoms with Crippen molar-refractivity contribution in [2.45, 2.75) is 138 Å². The summed E-state index contributed by atoms with van der Waals surface area (Å²) in [6.07, 6.45) is 5.99. The summed E-state index contributed by atoms with van der Waals surface area (Å²) < 4.78 is 90.2. The Labute approximate surface area is 610 Å². The van der Waals surface area contributed by atoms with Gasteiger partial charge in [-0.25, -0.2) is 42.7 Å². The molecule has 6 aromatic carbocycles. The average Bonchev–Trinajstić information content (AvgIpc) is 1.45. The Balaban J connectivity index is 0.000000133. The van der Waals surface area contributed by atoms with E-state index in [1.54, 1.807) is 75.7 Å². The topological polar surface area (TPSA) is 263 Å². The van der Waals surface area contributed by atoms with Gasteiger partial charge in [0.05, 0.1) is 50.7 Å². The summed E-state index contributed by atoms with van der Waals surface area (Å²) >= 11 is 3.47. The Morgan fingerprint density at radius 1 is 0.471 bits per heavy atom. The molecule has 0 saturated carbocycles. The zero-order valence-corrected chi connectivity index (χ0v) is 59.4. The van der Waals surface area contributed by atoms with Crippen LogP contribution in [0, 0.1) is 37.2 Å². The predicted octanol–water partition coefficient (Wildman–Crippen LogP) is 11.8. The molecule has 10 heterocycles. The smallest absolute Gasteiger partial charge is 0.484 e. The summed E-state index contributed by atoms with van der Waals surface area (Å²) in [5.41, 5.74) is 17.4. The molecule has 6 aromatic rings. The van der Waals surface area contributed by atoms with Crippen molar-refractivity contribution in [3.63, 3.8) is 0 Å². The number of nitrogens with zero attached hydrogens (tertiary/aromatic N) is 9. The highest BCUT2D eigenvalue weighted by atomic mass is 79.9. The number of fused-ring (bicyclic) bond motifs is 6. The van der Waals surface area contributed by atoms with Gasteiger partial charge in [-0.15, -0.1) is 0 Å². The molecule has 10 aliphatic rings. The number of rotatable bonds is 3. The number of hydrogen-bond donors (Lipinski definition) is 3. The van der Waals surface area contributed by atoms with E-state index in [-0.39, 0.29) is 60.1 Å². The molecule has 0 aromatic heterocycles. The number of carbonyl (C=O) groups is 3. The number of likely N-dealkylation sites (N-methyl/N-ethyl adjacent to an activating group) is 3. The van der Waals surface area contributed by atoms with E-state index < -0.39 is 69.2 Å². The first-order valence-electron chi connectivity index (χ1n) is 33.6. The number of carbonyl (C=O) groups excluding carboxylic acids is 3. The Morgan fingerprint density at radius 2 is 0.808 bits per heavy atom. The van der Waals surface area contributed by atoms with Crippen molar-refractivity contribution in [2.24, 2.45) is 32.2 Å². The summed E-state index contributed by atoms with van der Waals surface area (Å²) in [6, 6.07) is 28.9. The fourth-order valence-corrected chi connectivity index (χ4v) is 15.5. The monoisotopic (exact) mass is 1480 g/mol. The van der Waals surface area contributed by atoms with Gasteiger partial charge in [0.25, 0.3) is 17.7 Å². The molecule has 16 rings (SSSR count). The third kappa shape index (κ3) is 13.3. The first-order valence-corrected chi connectivity index (χ1v) is 34.4. The highest BCUT2D eigenvalue weighted by molar-refractivity contribution is 9.10. The first kappa shape index (κ1) is 73.9. The molecular weight excluding hydrogens is 1400 g/mol. The van der Waals surface area contributed by atoms with Crippen molar-refractivity contribution in [1.82, 2.24) is 14.7 Å². The van der Waals surface area contributed by atoms with E-state index in [2.05, 4.69) is 45.4 Å². The van der Waals surface area contributed by atoms with Crippen LogP contribution in [0.25, 0.3) is 36.8 Å². The van der Waals surface area contributed by atoms with Crippen molar-refractivity contribution in [3.05, 3.63) is 182 Å². The first-order chi connectivity index (χ1) is 48.9. The van der Waals surface area contributed by atoms with Crippen molar-refractivity contribution in [3.8, 4) is 39.5 Å². The second-order valence-corrected chi connectivity index (χ2v) is 29.5. The van der Waals surface area contributed by atoms with E-state index in [9.17, 15) is 27.6 Å². The van der Waals surface area contributed by atoms with E-state index in [0.717, 1.165) is 55.2 Å².